The molecule has 1 aromatic rings. The van der Waals surface area contributed by atoms with Crippen LogP contribution in [0.25, 0.3) is 0 Å². The summed E-state index contributed by atoms with van der Waals surface area (Å²) in [5, 5.41) is 2.37. The molecule has 0 bridgehead atoms. The predicted octanol–water partition coefficient (Wildman–Crippen LogP) is 0.881. The first-order valence-electron chi connectivity index (χ1n) is 5.92. The maximum Gasteiger partial charge on any atom is 0.274 e. The molecule has 0 saturated heterocycles. The van der Waals surface area contributed by atoms with E-state index in [0.717, 1.165) is 0 Å². The monoisotopic (exact) mass is 266 g/mol. The van der Waals surface area contributed by atoms with E-state index < -0.39 is 5.91 Å². The van der Waals surface area contributed by atoms with Crippen molar-refractivity contribution in [1.29, 1.82) is 0 Å². The topological polar surface area (TPSA) is 76.7 Å². The van der Waals surface area contributed by atoms with Gasteiger partial charge in [-0.3, -0.25) is 14.4 Å². The van der Waals surface area contributed by atoms with Crippen LogP contribution in [0.15, 0.2) is 24.3 Å². The number of rotatable bonds is 6. The van der Waals surface area contributed by atoms with Crippen LogP contribution >= 0.6 is 0 Å². The molecule has 0 fully saturated rings. The number of hydrogen-bond acceptors (Lipinski definition) is 4. The number of hydroxylamine groups is 1. The highest BCUT2D eigenvalue weighted by atomic mass is 16.7. The molecular weight excluding hydrogens is 248 g/mol. The van der Waals surface area contributed by atoms with Crippen LogP contribution in [-0.2, 0) is 9.63 Å². The van der Waals surface area contributed by atoms with E-state index in [0.29, 0.717) is 11.3 Å². The van der Waals surface area contributed by atoms with Crippen LogP contribution in [0, 0.1) is 0 Å². The number of carbonyl (C=O) groups is 2. The van der Waals surface area contributed by atoms with Crippen LogP contribution in [0.3, 0.4) is 0 Å². The molecule has 0 aliphatic rings. The molecular formula is C13H18N2O4. The fraction of sp³-hybridized carbons (Fsp3) is 0.385. The molecule has 0 atom stereocenters. The van der Waals surface area contributed by atoms with Gasteiger partial charge in [-0.2, -0.15) is 0 Å². The highest BCUT2D eigenvalue weighted by Crippen LogP contribution is 2.13. The molecule has 0 spiro atoms. The summed E-state index contributed by atoms with van der Waals surface area (Å²) in [6, 6.07) is 6.65. The number of benzene rings is 1. The van der Waals surface area contributed by atoms with E-state index in [2.05, 4.69) is 10.8 Å². The zero-order chi connectivity index (χ0) is 14.3. The molecule has 0 saturated carbocycles. The van der Waals surface area contributed by atoms with Crippen molar-refractivity contribution < 1.29 is 19.2 Å². The van der Waals surface area contributed by atoms with Gasteiger partial charge in [0.1, 0.15) is 5.75 Å². The van der Waals surface area contributed by atoms with E-state index in [1.807, 2.05) is 13.8 Å². The number of amides is 2. The first-order valence-corrected chi connectivity index (χ1v) is 5.92. The fourth-order valence-electron chi connectivity index (χ4n) is 1.26. The minimum atomic E-state index is -0.417. The van der Waals surface area contributed by atoms with Crippen LogP contribution in [0.5, 0.6) is 5.75 Å². The molecule has 2 N–H and O–H groups in total. The smallest absolute Gasteiger partial charge is 0.274 e. The predicted molar refractivity (Wildman–Crippen MR) is 69.7 cm³/mol. The van der Waals surface area contributed by atoms with Crippen molar-refractivity contribution in [3.05, 3.63) is 29.8 Å². The van der Waals surface area contributed by atoms with Crippen molar-refractivity contribution >= 4 is 11.8 Å². The van der Waals surface area contributed by atoms with Crippen LogP contribution in [0.2, 0.25) is 0 Å². The first-order chi connectivity index (χ1) is 9.02. The Hall–Kier alpha value is -2.08. The molecule has 104 valence electrons. The molecule has 0 unspecified atom stereocenters. The van der Waals surface area contributed by atoms with Gasteiger partial charge in [0.2, 0.25) is 5.91 Å². The third-order valence-electron chi connectivity index (χ3n) is 2.14. The van der Waals surface area contributed by atoms with Crippen molar-refractivity contribution in [2.75, 3.05) is 13.7 Å². The Bertz CT molecular complexity index is 429. The standard InChI is InChI=1S/C13H18N2O4/c1-9(2)19-11-6-4-10(5-7-11)13(17)15-18-8-12(16)14-3/h4-7,9H,8H2,1-3H3,(H,14,16)(H,15,17). The van der Waals surface area contributed by atoms with Crippen LogP contribution in [0.1, 0.15) is 24.2 Å². The van der Waals surface area contributed by atoms with Gasteiger partial charge in [0.15, 0.2) is 6.61 Å². The second kappa shape index (κ2) is 7.38. The molecule has 6 heteroatoms. The third-order valence-corrected chi connectivity index (χ3v) is 2.14. The number of hydrogen-bond donors (Lipinski definition) is 2. The average molecular weight is 266 g/mol. The molecule has 19 heavy (non-hydrogen) atoms. The van der Waals surface area contributed by atoms with E-state index >= 15 is 0 Å². The number of likely N-dealkylation sites (N-methyl/N-ethyl adjacent to an activating group) is 1. The van der Waals surface area contributed by atoms with Gasteiger partial charge in [-0.15, -0.1) is 0 Å². The molecule has 1 aromatic carbocycles. The van der Waals surface area contributed by atoms with E-state index in [4.69, 9.17) is 9.57 Å². The summed E-state index contributed by atoms with van der Waals surface area (Å²) >= 11 is 0. The van der Waals surface area contributed by atoms with Gasteiger partial charge >= 0.3 is 0 Å². The number of nitrogens with one attached hydrogen (secondary N) is 2. The quantitative estimate of drug-likeness (QED) is 0.749. The van der Waals surface area contributed by atoms with Gasteiger partial charge in [-0.25, -0.2) is 5.48 Å². The van der Waals surface area contributed by atoms with Gasteiger partial charge in [0, 0.05) is 12.6 Å². The van der Waals surface area contributed by atoms with Crippen molar-refractivity contribution in [3.8, 4) is 5.75 Å². The van der Waals surface area contributed by atoms with E-state index in [-0.39, 0.29) is 18.6 Å². The van der Waals surface area contributed by atoms with E-state index in [1.54, 1.807) is 24.3 Å². The highest BCUT2D eigenvalue weighted by Gasteiger charge is 2.07. The zero-order valence-corrected chi connectivity index (χ0v) is 11.2. The number of carbonyl (C=O) groups excluding carboxylic acids is 2. The van der Waals surface area contributed by atoms with Crippen LogP contribution < -0.4 is 15.5 Å². The summed E-state index contributed by atoms with van der Waals surface area (Å²) in [6.07, 6.45) is 0.0792. The van der Waals surface area contributed by atoms with Crippen molar-refractivity contribution in [2.24, 2.45) is 0 Å². The molecule has 0 aromatic heterocycles. The van der Waals surface area contributed by atoms with E-state index in [1.165, 1.54) is 7.05 Å². The first kappa shape index (κ1) is 15.0. The molecule has 1 rings (SSSR count). The Morgan fingerprint density at radius 2 is 1.84 bits per heavy atom. The van der Waals surface area contributed by atoms with Gasteiger partial charge < -0.3 is 10.1 Å². The molecule has 0 radical (unpaired) electrons. The van der Waals surface area contributed by atoms with Gasteiger partial charge in [0.05, 0.1) is 6.10 Å². The van der Waals surface area contributed by atoms with Gasteiger partial charge in [-0.05, 0) is 38.1 Å². The zero-order valence-electron chi connectivity index (χ0n) is 11.2. The normalized spacial score (nSPS) is 10.1. The maximum atomic E-state index is 11.6. The Balaban J connectivity index is 2.46. The highest BCUT2D eigenvalue weighted by molar-refractivity contribution is 5.93. The lowest BCUT2D eigenvalue weighted by molar-refractivity contribution is -0.126. The third kappa shape index (κ3) is 5.39. The summed E-state index contributed by atoms with van der Waals surface area (Å²) in [6.45, 7) is 3.62. The lowest BCUT2D eigenvalue weighted by Gasteiger charge is -2.10. The number of ether oxygens (including phenoxy) is 1. The lowest BCUT2D eigenvalue weighted by Crippen LogP contribution is -2.31. The van der Waals surface area contributed by atoms with E-state index in [9.17, 15) is 9.59 Å². The molecule has 0 aliphatic heterocycles. The Labute approximate surface area is 112 Å². The van der Waals surface area contributed by atoms with Gasteiger partial charge in [0.25, 0.3) is 5.91 Å². The van der Waals surface area contributed by atoms with Crippen LogP contribution in [0.4, 0.5) is 0 Å². The molecule has 0 aliphatic carbocycles. The Morgan fingerprint density at radius 1 is 1.21 bits per heavy atom. The summed E-state index contributed by atoms with van der Waals surface area (Å²) in [4.78, 5) is 27.3. The minimum absolute atomic E-state index is 0.0792. The summed E-state index contributed by atoms with van der Waals surface area (Å²) in [5.41, 5.74) is 2.61. The fourth-order valence-corrected chi connectivity index (χ4v) is 1.26. The summed E-state index contributed by atoms with van der Waals surface area (Å²) < 4.78 is 5.46. The van der Waals surface area contributed by atoms with Crippen molar-refractivity contribution in [1.82, 2.24) is 10.8 Å². The van der Waals surface area contributed by atoms with Crippen LogP contribution in [-0.4, -0.2) is 31.6 Å². The molecule has 0 heterocycles. The second-order valence-electron chi connectivity index (χ2n) is 4.08. The summed E-state index contributed by atoms with van der Waals surface area (Å²) in [7, 11) is 1.49. The molecule has 6 nitrogen and oxygen atoms in total. The Kier molecular flexibility index (Phi) is 5.81. The summed E-state index contributed by atoms with van der Waals surface area (Å²) in [5.74, 6) is -0.0428. The van der Waals surface area contributed by atoms with Gasteiger partial charge in [-0.1, -0.05) is 0 Å². The lowest BCUT2D eigenvalue weighted by atomic mass is 10.2. The average Bonchev–Trinajstić information content (AvgIpc) is 2.38. The van der Waals surface area contributed by atoms with Crippen molar-refractivity contribution in [3.63, 3.8) is 0 Å². The maximum absolute atomic E-state index is 11.6. The minimum Gasteiger partial charge on any atom is -0.491 e. The molecule has 2 amide bonds. The SMILES string of the molecule is CNC(=O)CONC(=O)c1ccc(OC(C)C)cc1. The largest absolute Gasteiger partial charge is 0.491 e. The van der Waals surface area contributed by atoms with Crippen molar-refractivity contribution in [2.45, 2.75) is 20.0 Å². The Morgan fingerprint density at radius 3 is 2.37 bits per heavy atom. The second-order valence-corrected chi connectivity index (χ2v) is 4.08.